The Balaban J connectivity index is 1.06. The van der Waals surface area contributed by atoms with Crippen LogP contribution in [0.4, 0.5) is 5.13 Å². The van der Waals surface area contributed by atoms with Crippen LogP contribution in [0.1, 0.15) is 88.5 Å². The smallest absolute Gasteiger partial charge is 0.226 e. The summed E-state index contributed by atoms with van der Waals surface area (Å²) in [5, 5.41) is 14.2. The van der Waals surface area contributed by atoms with Gasteiger partial charge in [0.2, 0.25) is 11.0 Å². The van der Waals surface area contributed by atoms with E-state index in [1.165, 1.54) is 82.1 Å². The summed E-state index contributed by atoms with van der Waals surface area (Å²) in [7, 11) is 0. The minimum Gasteiger partial charge on any atom is -0.301 e. The maximum Gasteiger partial charge on any atom is 0.226 e. The maximum absolute atomic E-state index is 13.0. The van der Waals surface area contributed by atoms with E-state index in [0.717, 1.165) is 40.6 Å². The molecule has 1 aromatic rings. The highest BCUT2D eigenvalue weighted by Crippen LogP contribution is 2.62. The molecule has 1 amide bonds. The van der Waals surface area contributed by atoms with Gasteiger partial charge in [0.15, 0.2) is 0 Å². The van der Waals surface area contributed by atoms with Crippen LogP contribution in [0.5, 0.6) is 0 Å². The van der Waals surface area contributed by atoms with Crippen LogP contribution in [-0.2, 0) is 10.2 Å². The fraction of sp³-hybridized carbons (Fsp3) is 0.875. The van der Waals surface area contributed by atoms with Crippen LogP contribution in [0.15, 0.2) is 0 Å². The highest BCUT2D eigenvalue weighted by atomic mass is 32.1. The third-order valence-electron chi connectivity index (χ3n) is 9.86. The van der Waals surface area contributed by atoms with Gasteiger partial charge in [0, 0.05) is 11.8 Å². The molecule has 8 aliphatic carbocycles. The number of aromatic nitrogens is 2. The topological polar surface area (TPSA) is 54.9 Å². The van der Waals surface area contributed by atoms with Gasteiger partial charge in [-0.2, -0.15) is 0 Å². The number of hydrogen-bond acceptors (Lipinski definition) is 4. The molecule has 5 heteroatoms. The van der Waals surface area contributed by atoms with E-state index in [0.29, 0.717) is 11.8 Å². The Morgan fingerprint density at radius 1 is 0.793 bits per heavy atom. The van der Waals surface area contributed by atoms with Crippen LogP contribution in [0.25, 0.3) is 0 Å². The zero-order valence-corrected chi connectivity index (χ0v) is 18.2. The summed E-state index contributed by atoms with van der Waals surface area (Å²) in [5.74, 6) is 5.65. The molecule has 4 nitrogen and oxygen atoms in total. The van der Waals surface area contributed by atoms with Crippen LogP contribution in [-0.4, -0.2) is 16.1 Å². The monoisotopic (exact) mass is 411 g/mol. The molecule has 8 saturated carbocycles. The van der Waals surface area contributed by atoms with Crippen molar-refractivity contribution in [3.63, 3.8) is 0 Å². The third kappa shape index (κ3) is 2.85. The van der Waals surface area contributed by atoms with E-state index < -0.39 is 0 Å². The summed E-state index contributed by atoms with van der Waals surface area (Å²) in [6.07, 6.45) is 17.2. The fourth-order valence-corrected chi connectivity index (χ4v) is 10.8. The van der Waals surface area contributed by atoms with E-state index >= 15 is 0 Å². The number of carbonyl (C=O) groups excluding carboxylic acids is 1. The van der Waals surface area contributed by atoms with Gasteiger partial charge in [0.1, 0.15) is 5.01 Å². The van der Waals surface area contributed by atoms with E-state index in [4.69, 9.17) is 0 Å². The van der Waals surface area contributed by atoms with E-state index in [9.17, 15) is 4.79 Å². The lowest BCUT2D eigenvalue weighted by Gasteiger charge is -2.56. The van der Waals surface area contributed by atoms with E-state index in [2.05, 4.69) is 15.5 Å². The van der Waals surface area contributed by atoms with E-state index in [1.807, 2.05) is 0 Å². The highest BCUT2D eigenvalue weighted by molar-refractivity contribution is 7.15. The number of carbonyl (C=O) groups is 1. The normalized spacial score (nSPS) is 49.0. The first-order valence-corrected chi connectivity index (χ1v) is 13.0. The van der Waals surface area contributed by atoms with Gasteiger partial charge in [-0.05, 0) is 118 Å². The SMILES string of the molecule is O=C(CC12CC3CC(CC(C3)C1)C2)Nc1nnc(C23CC4CC(CC(C4)C2)C3)s1. The van der Waals surface area contributed by atoms with Crippen molar-refractivity contribution in [1.29, 1.82) is 0 Å². The first-order chi connectivity index (χ1) is 14.0. The molecular weight excluding hydrogens is 378 g/mol. The van der Waals surface area contributed by atoms with Gasteiger partial charge < -0.3 is 5.32 Å². The van der Waals surface area contributed by atoms with Crippen LogP contribution in [0.3, 0.4) is 0 Å². The lowest BCUT2D eigenvalue weighted by Crippen LogP contribution is -2.48. The second kappa shape index (κ2) is 6.05. The predicted molar refractivity (Wildman–Crippen MR) is 114 cm³/mol. The molecule has 0 radical (unpaired) electrons. The number of nitrogens with zero attached hydrogens (tertiary/aromatic N) is 2. The Morgan fingerprint density at radius 3 is 1.79 bits per heavy atom. The quantitative estimate of drug-likeness (QED) is 0.706. The summed E-state index contributed by atoms with van der Waals surface area (Å²) in [6, 6.07) is 0. The Morgan fingerprint density at radius 2 is 1.28 bits per heavy atom. The number of amides is 1. The molecule has 0 atom stereocenters. The average molecular weight is 412 g/mol. The van der Waals surface area contributed by atoms with Gasteiger partial charge in [-0.15, -0.1) is 10.2 Å². The Hall–Kier alpha value is -0.970. The van der Waals surface area contributed by atoms with Crippen molar-refractivity contribution in [2.75, 3.05) is 5.32 Å². The Kier molecular flexibility index (Phi) is 3.69. The number of hydrogen-bond donors (Lipinski definition) is 1. The molecule has 9 rings (SSSR count). The summed E-state index contributed by atoms with van der Waals surface area (Å²) >= 11 is 1.69. The molecule has 0 saturated heterocycles. The zero-order chi connectivity index (χ0) is 19.2. The molecule has 8 fully saturated rings. The minimum atomic E-state index is 0.195. The van der Waals surface area contributed by atoms with Gasteiger partial charge in [0.25, 0.3) is 0 Å². The largest absolute Gasteiger partial charge is 0.301 e. The molecule has 1 aromatic heterocycles. The van der Waals surface area contributed by atoms with Crippen molar-refractivity contribution in [2.45, 2.75) is 88.9 Å². The summed E-state index contributed by atoms with van der Waals surface area (Å²) in [4.78, 5) is 13.0. The van der Waals surface area contributed by atoms with Crippen molar-refractivity contribution < 1.29 is 4.79 Å². The van der Waals surface area contributed by atoms with Crippen molar-refractivity contribution in [2.24, 2.45) is 40.9 Å². The number of anilines is 1. The first kappa shape index (κ1) is 17.7. The Bertz CT molecular complexity index is 774. The third-order valence-corrected chi connectivity index (χ3v) is 10.9. The molecule has 1 N–H and O–H groups in total. The second-order valence-electron chi connectivity index (χ2n) is 12.3. The van der Waals surface area contributed by atoms with Crippen LogP contribution in [0, 0.1) is 40.9 Å². The zero-order valence-electron chi connectivity index (χ0n) is 17.4. The maximum atomic E-state index is 13.0. The minimum absolute atomic E-state index is 0.195. The highest BCUT2D eigenvalue weighted by Gasteiger charge is 2.54. The summed E-state index contributed by atoms with van der Waals surface area (Å²) in [5.41, 5.74) is 0.585. The van der Waals surface area contributed by atoms with Crippen LogP contribution in [0.2, 0.25) is 0 Å². The first-order valence-electron chi connectivity index (χ1n) is 12.2. The molecule has 8 aliphatic rings. The van der Waals surface area contributed by atoms with Gasteiger partial charge in [0.05, 0.1) is 0 Å². The summed E-state index contributed by atoms with van der Waals surface area (Å²) in [6.45, 7) is 0. The van der Waals surface area contributed by atoms with Crippen LogP contribution >= 0.6 is 11.3 Å². The van der Waals surface area contributed by atoms with Crippen LogP contribution < -0.4 is 5.32 Å². The molecule has 0 spiro atoms. The standard InChI is InChI=1S/C24H33N3OS/c28-20(13-23-7-14-1-15(8-23)3-16(2-14)9-23)25-22-27-26-21(29-22)24-10-17-4-18(11-24)6-19(5-17)12-24/h14-19H,1-13H2,(H,25,27,28). The van der Waals surface area contributed by atoms with Crippen molar-refractivity contribution in [3.05, 3.63) is 5.01 Å². The Labute approximate surface area is 177 Å². The van der Waals surface area contributed by atoms with E-state index in [1.54, 1.807) is 11.3 Å². The molecule has 29 heavy (non-hydrogen) atoms. The molecule has 0 aliphatic heterocycles. The van der Waals surface area contributed by atoms with Gasteiger partial charge >= 0.3 is 0 Å². The molecule has 1 heterocycles. The van der Waals surface area contributed by atoms with Gasteiger partial charge in [-0.25, -0.2) is 0 Å². The second-order valence-corrected chi connectivity index (χ2v) is 13.2. The van der Waals surface area contributed by atoms with Crippen molar-refractivity contribution >= 4 is 22.4 Å². The lowest BCUT2D eigenvalue weighted by molar-refractivity contribution is -0.124. The lowest BCUT2D eigenvalue weighted by atomic mass is 9.49. The van der Waals surface area contributed by atoms with E-state index in [-0.39, 0.29) is 11.3 Å². The van der Waals surface area contributed by atoms with Gasteiger partial charge in [-0.3, -0.25) is 4.79 Å². The fourth-order valence-electron chi connectivity index (χ4n) is 9.87. The number of nitrogens with one attached hydrogen (secondary N) is 1. The van der Waals surface area contributed by atoms with Crippen molar-refractivity contribution in [3.8, 4) is 0 Å². The predicted octanol–water partition coefficient (Wildman–Crippen LogP) is 5.55. The molecular formula is C24H33N3OS. The molecule has 156 valence electrons. The van der Waals surface area contributed by atoms with Crippen molar-refractivity contribution in [1.82, 2.24) is 10.2 Å². The summed E-state index contributed by atoms with van der Waals surface area (Å²) < 4.78 is 0. The molecule has 0 aromatic carbocycles. The molecule has 0 unspecified atom stereocenters. The van der Waals surface area contributed by atoms with Gasteiger partial charge in [-0.1, -0.05) is 11.3 Å². The molecule has 8 bridgehead atoms. The number of rotatable bonds is 4. The average Bonchev–Trinajstić information content (AvgIpc) is 3.08.